The van der Waals surface area contributed by atoms with E-state index in [0.29, 0.717) is 24.5 Å². The Morgan fingerprint density at radius 2 is 2.14 bits per heavy atom. The maximum atomic E-state index is 12.7. The van der Waals surface area contributed by atoms with Gasteiger partial charge in [0.15, 0.2) is 0 Å². The van der Waals surface area contributed by atoms with Crippen molar-refractivity contribution < 1.29 is 9.53 Å². The van der Waals surface area contributed by atoms with Crippen molar-refractivity contribution in [2.45, 2.75) is 45.6 Å². The molecule has 1 atom stereocenters. The van der Waals surface area contributed by atoms with Crippen molar-refractivity contribution in [1.82, 2.24) is 9.88 Å². The van der Waals surface area contributed by atoms with E-state index in [2.05, 4.69) is 25.8 Å². The number of rotatable bonds is 1. The number of pyridine rings is 1. The average Bonchev–Trinajstić information content (AvgIpc) is 2.61. The number of carbonyl (C=O) groups is 1. The summed E-state index contributed by atoms with van der Waals surface area (Å²) in [5.74, 6) is 0.400. The molecule has 0 spiro atoms. The molecule has 1 aliphatic heterocycles. The van der Waals surface area contributed by atoms with E-state index in [0.717, 1.165) is 18.7 Å². The van der Waals surface area contributed by atoms with Gasteiger partial charge in [-0.1, -0.05) is 20.8 Å². The highest BCUT2D eigenvalue weighted by atomic mass is 16.5. The molecule has 5 heteroatoms. The SMILES string of the molecule is CC1CN(C(=O)c2cc(N)nc(C(C)(C)C)c2)CCCO1. The minimum atomic E-state index is -0.139. The first-order chi connectivity index (χ1) is 9.77. The number of amides is 1. The second-order valence-electron chi connectivity index (χ2n) is 6.70. The molecule has 0 aliphatic carbocycles. The van der Waals surface area contributed by atoms with Gasteiger partial charge in [0.25, 0.3) is 5.91 Å². The normalized spacial score (nSPS) is 20.2. The Balaban J connectivity index is 2.28. The van der Waals surface area contributed by atoms with Crippen LogP contribution >= 0.6 is 0 Å². The summed E-state index contributed by atoms with van der Waals surface area (Å²) >= 11 is 0. The third-order valence-electron chi connectivity index (χ3n) is 3.60. The summed E-state index contributed by atoms with van der Waals surface area (Å²) in [5, 5.41) is 0. The third-order valence-corrected chi connectivity index (χ3v) is 3.60. The fraction of sp³-hybridized carbons (Fsp3) is 0.625. The van der Waals surface area contributed by atoms with Gasteiger partial charge in [0.1, 0.15) is 5.82 Å². The molecule has 0 bridgehead atoms. The molecule has 1 amide bonds. The Labute approximate surface area is 126 Å². The first-order valence-corrected chi connectivity index (χ1v) is 7.46. The van der Waals surface area contributed by atoms with Crippen LogP contribution in [-0.4, -0.2) is 41.6 Å². The number of ether oxygens (including phenoxy) is 1. The van der Waals surface area contributed by atoms with Crippen molar-refractivity contribution in [2.75, 3.05) is 25.4 Å². The zero-order valence-electron chi connectivity index (χ0n) is 13.3. The first kappa shape index (κ1) is 15.8. The summed E-state index contributed by atoms with van der Waals surface area (Å²) in [6.45, 7) is 10.2. The van der Waals surface area contributed by atoms with E-state index < -0.39 is 0 Å². The maximum Gasteiger partial charge on any atom is 0.254 e. The fourth-order valence-corrected chi connectivity index (χ4v) is 2.42. The van der Waals surface area contributed by atoms with Gasteiger partial charge >= 0.3 is 0 Å². The van der Waals surface area contributed by atoms with Crippen LogP contribution in [0, 0.1) is 0 Å². The number of nitrogen functional groups attached to an aromatic ring is 1. The van der Waals surface area contributed by atoms with Gasteiger partial charge in [-0.05, 0) is 25.5 Å². The van der Waals surface area contributed by atoms with Crippen LogP contribution in [0.15, 0.2) is 12.1 Å². The quantitative estimate of drug-likeness (QED) is 0.861. The van der Waals surface area contributed by atoms with E-state index in [1.807, 2.05) is 17.9 Å². The van der Waals surface area contributed by atoms with Gasteiger partial charge in [-0.2, -0.15) is 0 Å². The number of carbonyl (C=O) groups excluding carboxylic acids is 1. The molecule has 21 heavy (non-hydrogen) atoms. The zero-order valence-corrected chi connectivity index (χ0v) is 13.3. The molecular formula is C16H25N3O2. The standard InChI is InChI=1S/C16H25N3O2/c1-11-10-19(6-5-7-21-11)15(20)12-8-13(16(2,3)4)18-14(17)9-12/h8-9,11H,5-7,10H2,1-4H3,(H2,17,18). The average molecular weight is 291 g/mol. The highest BCUT2D eigenvalue weighted by Gasteiger charge is 2.24. The highest BCUT2D eigenvalue weighted by Crippen LogP contribution is 2.23. The van der Waals surface area contributed by atoms with E-state index >= 15 is 0 Å². The Morgan fingerprint density at radius 3 is 2.81 bits per heavy atom. The smallest absolute Gasteiger partial charge is 0.254 e. The van der Waals surface area contributed by atoms with E-state index in [1.165, 1.54) is 0 Å². The Hall–Kier alpha value is -1.62. The highest BCUT2D eigenvalue weighted by molar-refractivity contribution is 5.95. The largest absolute Gasteiger partial charge is 0.384 e. The Bertz CT molecular complexity index is 523. The molecule has 5 nitrogen and oxygen atoms in total. The minimum absolute atomic E-state index is 0.00644. The van der Waals surface area contributed by atoms with Crippen LogP contribution in [0.3, 0.4) is 0 Å². The van der Waals surface area contributed by atoms with Gasteiger partial charge in [-0.3, -0.25) is 4.79 Å². The predicted molar refractivity (Wildman–Crippen MR) is 83.3 cm³/mol. The van der Waals surface area contributed by atoms with Crippen molar-refractivity contribution in [2.24, 2.45) is 0 Å². The van der Waals surface area contributed by atoms with Crippen LogP contribution in [0.2, 0.25) is 0 Å². The Kier molecular flexibility index (Phi) is 4.52. The minimum Gasteiger partial charge on any atom is -0.384 e. The molecule has 1 unspecified atom stereocenters. The molecule has 1 fully saturated rings. The van der Waals surface area contributed by atoms with Gasteiger partial charge in [0.05, 0.1) is 6.10 Å². The summed E-state index contributed by atoms with van der Waals surface area (Å²) < 4.78 is 5.59. The number of hydrogen-bond acceptors (Lipinski definition) is 4. The van der Waals surface area contributed by atoms with Crippen molar-refractivity contribution in [3.8, 4) is 0 Å². The van der Waals surface area contributed by atoms with Gasteiger partial charge < -0.3 is 15.4 Å². The van der Waals surface area contributed by atoms with Crippen molar-refractivity contribution in [3.63, 3.8) is 0 Å². The van der Waals surface area contributed by atoms with Crippen LogP contribution in [0.5, 0.6) is 0 Å². The summed E-state index contributed by atoms with van der Waals surface area (Å²) in [4.78, 5) is 18.9. The number of nitrogens with two attached hydrogens (primary N) is 1. The molecule has 2 rings (SSSR count). The molecule has 0 saturated carbocycles. The second kappa shape index (κ2) is 6.02. The predicted octanol–water partition coefficient (Wildman–Crippen LogP) is 2.21. The van der Waals surface area contributed by atoms with Crippen molar-refractivity contribution in [1.29, 1.82) is 0 Å². The lowest BCUT2D eigenvalue weighted by molar-refractivity contribution is 0.0562. The van der Waals surface area contributed by atoms with E-state index in [1.54, 1.807) is 6.07 Å². The molecule has 0 aromatic carbocycles. The molecule has 116 valence electrons. The Morgan fingerprint density at radius 1 is 1.43 bits per heavy atom. The summed E-state index contributed by atoms with van der Waals surface area (Å²) in [5.41, 5.74) is 7.19. The van der Waals surface area contributed by atoms with Gasteiger partial charge in [0.2, 0.25) is 0 Å². The molecule has 1 aliphatic rings. The van der Waals surface area contributed by atoms with Crippen LogP contribution < -0.4 is 5.73 Å². The van der Waals surface area contributed by atoms with Gasteiger partial charge in [-0.25, -0.2) is 4.98 Å². The molecule has 1 saturated heterocycles. The monoisotopic (exact) mass is 291 g/mol. The third kappa shape index (κ3) is 3.94. The second-order valence-corrected chi connectivity index (χ2v) is 6.70. The molecule has 1 aromatic rings. The van der Waals surface area contributed by atoms with E-state index in [9.17, 15) is 4.79 Å². The lowest BCUT2D eigenvalue weighted by Crippen LogP contribution is -2.36. The zero-order chi connectivity index (χ0) is 15.6. The van der Waals surface area contributed by atoms with Crippen LogP contribution in [-0.2, 0) is 10.2 Å². The van der Waals surface area contributed by atoms with Crippen molar-refractivity contribution >= 4 is 11.7 Å². The summed E-state index contributed by atoms with van der Waals surface area (Å²) in [7, 11) is 0. The summed E-state index contributed by atoms with van der Waals surface area (Å²) in [6, 6.07) is 3.52. The molecule has 2 heterocycles. The van der Waals surface area contributed by atoms with Crippen LogP contribution in [0.4, 0.5) is 5.82 Å². The first-order valence-electron chi connectivity index (χ1n) is 7.46. The van der Waals surface area contributed by atoms with E-state index in [-0.39, 0.29) is 17.4 Å². The van der Waals surface area contributed by atoms with E-state index in [4.69, 9.17) is 10.5 Å². The topological polar surface area (TPSA) is 68.5 Å². The van der Waals surface area contributed by atoms with Gasteiger partial charge in [-0.15, -0.1) is 0 Å². The fourth-order valence-electron chi connectivity index (χ4n) is 2.42. The van der Waals surface area contributed by atoms with Crippen LogP contribution in [0.1, 0.15) is 50.2 Å². The number of hydrogen-bond donors (Lipinski definition) is 1. The van der Waals surface area contributed by atoms with Crippen LogP contribution in [0.25, 0.3) is 0 Å². The number of anilines is 1. The van der Waals surface area contributed by atoms with Crippen molar-refractivity contribution in [3.05, 3.63) is 23.4 Å². The lowest BCUT2D eigenvalue weighted by atomic mass is 9.90. The molecular weight excluding hydrogens is 266 g/mol. The molecule has 2 N–H and O–H groups in total. The molecule has 1 aromatic heterocycles. The number of nitrogens with zero attached hydrogens (tertiary/aromatic N) is 2. The maximum absolute atomic E-state index is 12.7. The lowest BCUT2D eigenvalue weighted by Gasteiger charge is -2.24. The summed E-state index contributed by atoms with van der Waals surface area (Å²) in [6.07, 6.45) is 0.931. The number of aromatic nitrogens is 1. The molecule has 0 radical (unpaired) electrons. The van der Waals surface area contributed by atoms with Gasteiger partial charge in [0, 0.05) is 36.4 Å².